The lowest BCUT2D eigenvalue weighted by molar-refractivity contribution is 0.0372. The average Bonchev–Trinajstić information content (AvgIpc) is 2.80. The van der Waals surface area contributed by atoms with Crippen molar-refractivity contribution >= 4 is 17.5 Å². The zero-order valence-corrected chi connectivity index (χ0v) is 12.6. The van der Waals surface area contributed by atoms with Crippen LogP contribution < -0.4 is 10.6 Å². The van der Waals surface area contributed by atoms with Crippen molar-refractivity contribution < 1.29 is 9.53 Å². The second-order valence-electron chi connectivity index (χ2n) is 5.10. The molecule has 0 bridgehead atoms. The summed E-state index contributed by atoms with van der Waals surface area (Å²) in [5, 5.41) is 7.72. The van der Waals surface area contributed by atoms with E-state index in [1.54, 1.807) is 13.8 Å². The molecule has 0 aliphatic rings. The van der Waals surface area contributed by atoms with Crippen molar-refractivity contribution in [1.29, 1.82) is 0 Å². The lowest BCUT2D eigenvalue weighted by Crippen LogP contribution is -2.14. The van der Waals surface area contributed by atoms with Gasteiger partial charge in [-0.3, -0.25) is 0 Å². The molecule has 7 heteroatoms. The number of nitrogens with two attached hydrogens (primary N) is 1. The lowest BCUT2D eigenvalue weighted by atomic mass is 10.2. The molecule has 0 saturated carbocycles. The van der Waals surface area contributed by atoms with Gasteiger partial charge in [0.15, 0.2) is 5.82 Å². The first-order valence-corrected chi connectivity index (χ1v) is 6.60. The number of benzene rings is 1. The van der Waals surface area contributed by atoms with Crippen LogP contribution in [-0.2, 0) is 4.74 Å². The number of rotatable bonds is 4. The Labute approximate surface area is 123 Å². The normalized spacial score (nSPS) is 10.7. The van der Waals surface area contributed by atoms with Gasteiger partial charge in [-0.25, -0.2) is 4.79 Å². The molecule has 0 atom stereocenters. The summed E-state index contributed by atoms with van der Waals surface area (Å²) >= 11 is 0. The first-order valence-electron chi connectivity index (χ1n) is 6.60. The average molecular weight is 289 g/mol. The van der Waals surface area contributed by atoms with E-state index in [2.05, 4.69) is 10.3 Å². The third-order valence-electron chi connectivity index (χ3n) is 2.85. The number of anilines is 2. The van der Waals surface area contributed by atoms with Crippen molar-refractivity contribution in [3.8, 4) is 5.69 Å². The molecule has 112 valence electrons. The van der Waals surface area contributed by atoms with Crippen molar-refractivity contribution in [1.82, 2.24) is 15.0 Å². The van der Waals surface area contributed by atoms with Gasteiger partial charge in [0.2, 0.25) is 5.69 Å². The van der Waals surface area contributed by atoms with Gasteiger partial charge in [-0.1, -0.05) is 5.21 Å². The number of carbonyl (C=O) groups excluding carboxylic acids is 1. The largest absolute Gasteiger partial charge is 0.458 e. The maximum absolute atomic E-state index is 11.8. The van der Waals surface area contributed by atoms with Crippen LogP contribution in [0.1, 0.15) is 24.3 Å². The molecule has 0 radical (unpaired) electrons. The minimum atomic E-state index is -0.571. The number of hydrogen-bond donors (Lipinski definition) is 1. The molecule has 2 N–H and O–H groups in total. The molecule has 1 aromatic heterocycles. The summed E-state index contributed by atoms with van der Waals surface area (Å²) in [5.74, 6) is -0.406. The number of nitrogen functional groups attached to an aromatic ring is 1. The molecular formula is C14H19N5O2. The number of carbonyl (C=O) groups is 1. The van der Waals surface area contributed by atoms with Crippen LogP contribution in [0.25, 0.3) is 5.69 Å². The molecule has 0 fully saturated rings. The minimum absolute atomic E-state index is 0.0281. The summed E-state index contributed by atoms with van der Waals surface area (Å²) in [6.07, 6.45) is -0.235. The molecule has 0 saturated heterocycles. The first kappa shape index (κ1) is 14.8. The summed E-state index contributed by atoms with van der Waals surface area (Å²) in [6, 6.07) is 7.58. The maximum Gasteiger partial charge on any atom is 0.363 e. The van der Waals surface area contributed by atoms with Gasteiger partial charge >= 0.3 is 5.97 Å². The zero-order chi connectivity index (χ0) is 15.6. The number of esters is 1. The number of nitrogens with zero attached hydrogens (tertiary/aromatic N) is 4. The van der Waals surface area contributed by atoms with E-state index in [4.69, 9.17) is 10.5 Å². The van der Waals surface area contributed by atoms with Crippen molar-refractivity contribution in [3.63, 3.8) is 0 Å². The molecule has 0 aliphatic heterocycles. The Bertz CT molecular complexity index is 631. The van der Waals surface area contributed by atoms with E-state index in [0.29, 0.717) is 0 Å². The van der Waals surface area contributed by atoms with E-state index in [1.807, 2.05) is 43.3 Å². The number of ether oxygens (including phenoxy) is 1. The fourth-order valence-corrected chi connectivity index (χ4v) is 1.79. The summed E-state index contributed by atoms with van der Waals surface area (Å²) in [7, 11) is 3.91. The quantitative estimate of drug-likeness (QED) is 0.858. The monoisotopic (exact) mass is 289 g/mol. The molecule has 21 heavy (non-hydrogen) atoms. The Morgan fingerprint density at radius 1 is 1.29 bits per heavy atom. The van der Waals surface area contributed by atoms with E-state index in [1.165, 1.54) is 4.68 Å². The van der Waals surface area contributed by atoms with Crippen molar-refractivity contribution in [3.05, 3.63) is 30.0 Å². The SMILES string of the molecule is CC(C)OC(=O)c1nnn(-c2ccc(N(C)C)cc2)c1N. The van der Waals surface area contributed by atoms with Gasteiger partial charge < -0.3 is 15.4 Å². The summed E-state index contributed by atoms with van der Waals surface area (Å²) in [6.45, 7) is 3.52. The summed E-state index contributed by atoms with van der Waals surface area (Å²) < 4.78 is 6.49. The Hall–Kier alpha value is -2.57. The fourth-order valence-electron chi connectivity index (χ4n) is 1.79. The fraction of sp³-hybridized carbons (Fsp3) is 0.357. The van der Waals surface area contributed by atoms with Gasteiger partial charge in [-0.15, -0.1) is 5.10 Å². The van der Waals surface area contributed by atoms with Gasteiger partial charge in [0.05, 0.1) is 11.8 Å². The second kappa shape index (κ2) is 5.82. The minimum Gasteiger partial charge on any atom is -0.458 e. The Morgan fingerprint density at radius 2 is 1.90 bits per heavy atom. The maximum atomic E-state index is 11.8. The summed E-state index contributed by atoms with van der Waals surface area (Å²) in [4.78, 5) is 13.8. The molecule has 0 spiro atoms. The van der Waals surface area contributed by atoms with Crippen molar-refractivity contribution in [2.45, 2.75) is 20.0 Å². The van der Waals surface area contributed by atoms with Gasteiger partial charge in [-0.05, 0) is 38.1 Å². The highest BCUT2D eigenvalue weighted by atomic mass is 16.5. The van der Waals surface area contributed by atoms with E-state index < -0.39 is 5.97 Å². The number of hydrogen-bond acceptors (Lipinski definition) is 6. The summed E-state index contributed by atoms with van der Waals surface area (Å²) in [5.41, 5.74) is 7.75. The first-order chi connectivity index (χ1) is 9.90. The Morgan fingerprint density at radius 3 is 2.43 bits per heavy atom. The third kappa shape index (κ3) is 3.13. The predicted octanol–water partition coefficient (Wildman–Crippen LogP) is 1.48. The molecule has 0 unspecified atom stereocenters. The standard InChI is InChI=1S/C14H19N5O2/c1-9(2)21-14(20)12-13(15)19(17-16-12)11-7-5-10(6-8-11)18(3)4/h5-9H,15H2,1-4H3. The van der Waals surface area contributed by atoms with Crippen LogP contribution >= 0.6 is 0 Å². The van der Waals surface area contributed by atoms with Gasteiger partial charge in [0.1, 0.15) is 0 Å². The highest BCUT2D eigenvalue weighted by molar-refractivity contribution is 5.92. The smallest absolute Gasteiger partial charge is 0.363 e. The van der Waals surface area contributed by atoms with Crippen LogP contribution in [0.15, 0.2) is 24.3 Å². The highest BCUT2D eigenvalue weighted by Gasteiger charge is 2.20. The van der Waals surface area contributed by atoms with Crippen LogP contribution in [0.4, 0.5) is 11.5 Å². The Kier molecular flexibility index (Phi) is 4.11. The van der Waals surface area contributed by atoms with Crippen LogP contribution in [0.3, 0.4) is 0 Å². The molecule has 2 aromatic rings. The van der Waals surface area contributed by atoms with Gasteiger partial charge in [0.25, 0.3) is 0 Å². The lowest BCUT2D eigenvalue weighted by Gasteiger charge is -2.12. The van der Waals surface area contributed by atoms with Crippen LogP contribution in [0.2, 0.25) is 0 Å². The van der Waals surface area contributed by atoms with E-state index >= 15 is 0 Å². The van der Waals surface area contributed by atoms with Crippen LogP contribution in [0, 0.1) is 0 Å². The number of aromatic nitrogens is 3. The molecular weight excluding hydrogens is 270 g/mol. The molecule has 2 rings (SSSR count). The van der Waals surface area contributed by atoms with Crippen LogP contribution in [0.5, 0.6) is 0 Å². The molecule has 1 heterocycles. The van der Waals surface area contributed by atoms with Crippen molar-refractivity contribution in [2.24, 2.45) is 0 Å². The zero-order valence-electron chi connectivity index (χ0n) is 12.6. The van der Waals surface area contributed by atoms with E-state index in [-0.39, 0.29) is 17.6 Å². The Balaban J connectivity index is 2.29. The topological polar surface area (TPSA) is 86.3 Å². The molecule has 1 aromatic carbocycles. The van der Waals surface area contributed by atoms with Crippen LogP contribution in [-0.4, -0.2) is 41.2 Å². The molecule has 7 nitrogen and oxygen atoms in total. The molecule has 0 aliphatic carbocycles. The van der Waals surface area contributed by atoms with Crippen molar-refractivity contribution in [2.75, 3.05) is 24.7 Å². The van der Waals surface area contributed by atoms with Gasteiger partial charge in [0, 0.05) is 19.8 Å². The third-order valence-corrected chi connectivity index (χ3v) is 2.85. The molecule has 0 amide bonds. The van der Waals surface area contributed by atoms with Gasteiger partial charge in [-0.2, -0.15) is 4.68 Å². The van der Waals surface area contributed by atoms with E-state index in [9.17, 15) is 4.79 Å². The predicted molar refractivity (Wildman–Crippen MR) is 80.6 cm³/mol. The van der Waals surface area contributed by atoms with E-state index in [0.717, 1.165) is 11.4 Å². The highest BCUT2D eigenvalue weighted by Crippen LogP contribution is 2.19. The second-order valence-corrected chi connectivity index (χ2v) is 5.10.